The van der Waals surface area contributed by atoms with Crippen molar-refractivity contribution in [1.82, 2.24) is 4.72 Å². The van der Waals surface area contributed by atoms with Crippen LogP contribution < -0.4 is 9.44 Å². The Morgan fingerprint density at radius 2 is 1.63 bits per heavy atom. The molecule has 0 heterocycles. The van der Waals surface area contributed by atoms with Crippen molar-refractivity contribution in [2.75, 3.05) is 4.72 Å². The molecule has 8 nitrogen and oxygen atoms in total. The van der Waals surface area contributed by atoms with Crippen molar-refractivity contribution in [3.05, 3.63) is 53.6 Å². The molecule has 0 saturated heterocycles. The normalized spacial score (nSPS) is 14.7. The summed E-state index contributed by atoms with van der Waals surface area (Å²) in [6, 6.07) is 8.96. The number of carbonyl (C=O) groups is 1. The largest absolute Gasteiger partial charge is 0.478 e. The minimum absolute atomic E-state index is 0.0367. The van der Waals surface area contributed by atoms with Crippen LogP contribution in [0.4, 0.5) is 5.69 Å². The van der Waals surface area contributed by atoms with Crippen LogP contribution in [-0.2, 0) is 20.0 Å². The number of rotatable bonds is 7. The Balaban J connectivity index is 1.89. The lowest BCUT2D eigenvalue weighted by Gasteiger charge is -2.12. The molecule has 0 radical (unpaired) electrons. The Morgan fingerprint density at radius 1 is 1.00 bits per heavy atom. The van der Waals surface area contributed by atoms with E-state index in [0.29, 0.717) is 5.56 Å². The van der Waals surface area contributed by atoms with Crippen LogP contribution in [0, 0.1) is 6.92 Å². The van der Waals surface area contributed by atoms with E-state index in [0.717, 1.165) is 18.9 Å². The van der Waals surface area contributed by atoms with Gasteiger partial charge >= 0.3 is 5.97 Å². The number of hydrogen-bond acceptors (Lipinski definition) is 5. The molecule has 3 rings (SSSR count). The average molecular weight is 410 g/mol. The number of sulfonamides is 2. The number of hydrogen-bond donors (Lipinski definition) is 3. The maximum Gasteiger partial charge on any atom is 0.335 e. The molecule has 0 aromatic heterocycles. The Kier molecular flexibility index (Phi) is 4.98. The molecule has 3 N–H and O–H groups in total. The Bertz CT molecular complexity index is 1110. The third kappa shape index (κ3) is 4.46. The van der Waals surface area contributed by atoms with Crippen LogP contribution in [-0.4, -0.2) is 34.0 Å². The van der Waals surface area contributed by atoms with Crippen molar-refractivity contribution in [2.45, 2.75) is 35.6 Å². The third-order valence-electron chi connectivity index (χ3n) is 4.04. The maximum atomic E-state index is 12.6. The molecule has 0 spiro atoms. The van der Waals surface area contributed by atoms with E-state index in [-0.39, 0.29) is 27.1 Å². The van der Waals surface area contributed by atoms with Crippen LogP contribution in [0.1, 0.15) is 28.8 Å². The quantitative estimate of drug-likeness (QED) is 0.640. The first kappa shape index (κ1) is 19.3. The SMILES string of the molecule is Cc1cc(C(=O)O)ccc1NS(=O)(=O)c1cccc(S(=O)(=O)NC2CC2)c1. The summed E-state index contributed by atoms with van der Waals surface area (Å²) in [5, 5.41) is 8.98. The molecule has 0 aliphatic heterocycles. The van der Waals surface area contributed by atoms with Gasteiger partial charge in [-0.1, -0.05) is 6.07 Å². The van der Waals surface area contributed by atoms with Gasteiger partial charge in [0, 0.05) is 6.04 Å². The zero-order valence-electron chi connectivity index (χ0n) is 14.3. The van der Waals surface area contributed by atoms with Crippen molar-refractivity contribution in [3.63, 3.8) is 0 Å². The second-order valence-corrected chi connectivity index (χ2v) is 9.71. The number of carboxylic acids is 1. The van der Waals surface area contributed by atoms with Crippen LogP contribution in [0.3, 0.4) is 0 Å². The van der Waals surface area contributed by atoms with Crippen molar-refractivity contribution in [3.8, 4) is 0 Å². The first-order chi connectivity index (χ1) is 12.6. The number of aromatic carboxylic acids is 1. The van der Waals surface area contributed by atoms with Crippen molar-refractivity contribution < 1.29 is 26.7 Å². The van der Waals surface area contributed by atoms with Gasteiger partial charge in [0.15, 0.2) is 0 Å². The Labute approximate surface area is 157 Å². The van der Waals surface area contributed by atoms with E-state index in [4.69, 9.17) is 5.11 Å². The molecule has 0 amide bonds. The van der Waals surface area contributed by atoms with Gasteiger partial charge in [0.25, 0.3) is 10.0 Å². The van der Waals surface area contributed by atoms with Crippen LogP contribution >= 0.6 is 0 Å². The van der Waals surface area contributed by atoms with Gasteiger partial charge in [-0.2, -0.15) is 0 Å². The summed E-state index contributed by atoms with van der Waals surface area (Å²) in [4.78, 5) is 10.6. The molecule has 1 aliphatic carbocycles. The lowest BCUT2D eigenvalue weighted by Crippen LogP contribution is -2.26. The topological polar surface area (TPSA) is 130 Å². The van der Waals surface area contributed by atoms with Gasteiger partial charge in [-0.3, -0.25) is 4.72 Å². The summed E-state index contributed by atoms with van der Waals surface area (Å²) in [5.74, 6) is -1.12. The number of benzene rings is 2. The van der Waals surface area contributed by atoms with Gasteiger partial charge in [0.1, 0.15) is 0 Å². The molecule has 2 aromatic rings. The summed E-state index contributed by atoms with van der Waals surface area (Å²) in [6.45, 7) is 1.57. The van der Waals surface area contributed by atoms with Gasteiger partial charge in [-0.25, -0.2) is 26.4 Å². The predicted molar refractivity (Wildman–Crippen MR) is 98.7 cm³/mol. The smallest absolute Gasteiger partial charge is 0.335 e. The Morgan fingerprint density at radius 3 is 2.19 bits per heavy atom. The number of aryl methyl sites for hydroxylation is 1. The van der Waals surface area contributed by atoms with Gasteiger partial charge in [0.05, 0.1) is 21.0 Å². The number of nitrogens with one attached hydrogen (secondary N) is 2. The maximum absolute atomic E-state index is 12.6. The average Bonchev–Trinajstić information content (AvgIpc) is 3.40. The summed E-state index contributed by atoms with van der Waals surface area (Å²) in [7, 11) is -7.84. The zero-order chi connectivity index (χ0) is 19.8. The minimum atomic E-state index is -4.05. The second kappa shape index (κ2) is 6.95. The van der Waals surface area contributed by atoms with E-state index in [1.54, 1.807) is 6.92 Å². The van der Waals surface area contributed by atoms with E-state index in [9.17, 15) is 21.6 Å². The van der Waals surface area contributed by atoms with Gasteiger partial charge in [-0.15, -0.1) is 0 Å². The summed E-state index contributed by atoms with van der Waals surface area (Å²) in [6.07, 6.45) is 1.54. The van der Waals surface area contributed by atoms with Crippen LogP contribution in [0.25, 0.3) is 0 Å². The summed E-state index contributed by atoms with van der Waals surface area (Å²) >= 11 is 0. The highest BCUT2D eigenvalue weighted by Crippen LogP contribution is 2.25. The molecular formula is C17H18N2O6S2. The van der Waals surface area contributed by atoms with Crippen LogP contribution in [0.2, 0.25) is 0 Å². The number of carboxylic acid groups (broad SMARTS) is 1. The minimum Gasteiger partial charge on any atom is -0.478 e. The van der Waals surface area contributed by atoms with Crippen molar-refractivity contribution in [1.29, 1.82) is 0 Å². The molecule has 1 fully saturated rings. The fourth-order valence-corrected chi connectivity index (χ4v) is 5.01. The lowest BCUT2D eigenvalue weighted by molar-refractivity contribution is 0.0696. The number of anilines is 1. The van der Waals surface area contributed by atoms with Crippen LogP contribution in [0.5, 0.6) is 0 Å². The second-order valence-electron chi connectivity index (χ2n) is 6.31. The van der Waals surface area contributed by atoms with E-state index >= 15 is 0 Å². The van der Waals surface area contributed by atoms with E-state index in [1.165, 1.54) is 36.4 Å². The van der Waals surface area contributed by atoms with E-state index < -0.39 is 26.0 Å². The fourth-order valence-electron chi connectivity index (χ4n) is 2.41. The summed E-state index contributed by atoms with van der Waals surface area (Å²) in [5.41, 5.74) is 0.678. The van der Waals surface area contributed by atoms with Gasteiger partial charge < -0.3 is 5.11 Å². The molecule has 2 aromatic carbocycles. The Hall–Kier alpha value is -2.43. The third-order valence-corrected chi connectivity index (χ3v) is 6.92. The highest BCUT2D eigenvalue weighted by atomic mass is 32.2. The standard InChI is InChI=1S/C17H18N2O6S2/c1-11-9-12(17(20)21)5-8-16(11)19-27(24,25)15-4-2-3-14(10-15)26(22,23)18-13-6-7-13/h2-5,8-10,13,18-19H,6-7H2,1H3,(H,20,21). The molecule has 10 heteroatoms. The molecule has 0 atom stereocenters. The molecule has 1 saturated carbocycles. The lowest BCUT2D eigenvalue weighted by atomic mass is 10.1. The monoisotopic (exact) mass is 410 g/mol. The first-order valence-corrected chi connectivity index (χ1v) is 11.0. The summed E-state index contributed by atoms with van der Waals surface area (Å²) < 4.78 is 54.7. The molecular weight excluding hydrogens is 392 g/mol. The highest BCUT2D eigenvalue weighted by Gasteiger charge is 2.28. The molecule has 144 valence electrons. The van der Waals surface area contributed by atoms with Gasteiger partial charge in [-0.05, 0) is 61.7 Å². The van der Waals surface area contributed by atoms with Crippen LogP contribution in [0.15, 0.2) is 52.3 Å². The predicted octanol–water partition coefficient (Wildman–Crippen LogP) is 1.93. The van der Waals surface area contributed by atoms with Crippen molar-refractivity contribution >= 4 is 31.7 Å². The molecule has 0 unspecified atom stereocenters. The van der Waals surface area contributed by atoms with E-state index in [1.807, 2.05) is 0 Å². The van der Waals surface area contributed by atoms with E-state index in [2.05, 4.69) is 9.44 Å². The molecule has 1 aliphatic rings. The molecule has 0 bridgehead atoms. The first-order valence-electron chi connectivity index (χ1n) is 8.08. The highest BCUT2D eigenvalue weighted by molar-refractivity contribution is 7.93. The fraction of sp³-hybridized carbons (Fsp3) is 0.235. The van der Waals surface area contributed by atoms with Gasteiger partial charge in [0.2, 0.25) is 10.0 Å². The molecule has 27 heavy (non-hydrogen) atoms. The van der Waals surface area contributed by atoms with Crippen molar-refractivity contribution in [2.24, 2.45) is 0 Å². The zero-order valence-corrected chi connectivity index (χ0v) is 16.0.